The van der Waals surface area contributed by atoms with E-state index >= 15 is 0 Å². The largest absolute Gasteiger partial charge is 0.495 e. The van der Waals surface area contributed by atoms with Crippen LogP contribution in [-0.4, -0.2) is 50.1 Å². The van der Waals surface area contributed by atoms with Gasteiger partial charge in [0, 0.05) is 55.4 Å². The SMILES string of the molecule is CCC(=O)N(c1ccccc1)C1CCN(CCNc2ccc(Cl)cc2OC)CC1. The summed E-state index contributed by atoms with van der Waals surface area (Å²) in [6, 6.07) is 15.9. The first-order valence-electron chi connectivity index (χ1n) is 10.3. The van der Waals surface area contributed by atoms with Crippen LogP contribution in [0, 0.1) is 0 Å². The number of amides is 1. The van der Waals surface area contributed by atoms with E-state index in [0.717, 1.165) is 56.1 Å². The molecule has 1 aliphatic rings. The zero-order chi connectivity index (χ0) is 20.6. The van der Waals surface area contributed by atoms with Crippen LogP contribution in [0.15, 0.2) is 48.5 Å². The van der Waals surface area contributed by atoms with E-state index in [2.05, 4.69) is 10.2 Å². The van der Waals surface area contributed by atoms with Gasteiger partial charge in [-0.25, -0.2) is 0 Å². The topological polar surface area (TPSA) is 44.8 Å². The molecule has 156 valence electrons. The van der Waals surface area contributed by atoms with Crippen LogP contribution in [0.25, 0.3) is 0 Å². The Hall–Kier alpha value is -2.24. The summed E-state index contributed by atoms with van der Waals surface area (Å²) < 4.78 is 5.39. The van der Waals surface area contributed by atoms with Gasteiger partial charge in [-0.2, -0.15) is 0 Å². The molecule has 5 nitrogen and oxygen atoms in total. The average molecular weight is 416 g/mol. The maximum absolute atomic E-state index is 12.6. The van der Waals surface area contributed by atoms with Crippen molar-refractivity contribution in [2.45, 2.75) is 32.2 Å². The molecule has 0 unspecified atom stereocenters. The Kier molecular flexibility index (Phi) is 7.78. The summed E-state index contributed by atoms with van der Waals surface area (Å²) >= 11 is 6.02. The Bertz CT molecular complexity index is 792. The molecule has 3 rings (SSSR count). The lowest BCUT2D eigenvalue weighted by molar-refractivity contribution is -0.119. The molecule has 1 aliphatic heterocycles. The van der Waals surface area contributed by atoms with Crippen molar-refractivity contribution in [2.75, 3.05) is 43.5 Å². The lowest BCUT2D eigenvalue weighted by atomic mass is 10.0. The first-order valence-corrected chi connectivity index (χ1v) is 10.7. The first-order chi connectivity index (χ1) is 14.1. The van der Waals surface area contributed by atoms with Crippen LogP contribution in [-0.2, 0) is 4.79 Å². The summed E-state index contributed by atoms with van der Waals surface area (Å²) in [5.41, 5.74) is 1.96. The lowest BCUT2D eigenvalue weighted by Gasteiger charge is -2.38. The fourth-order valence-corrected chi connectivity index (χ4v) is 4.04. The quantitative estimate of drug-likeness (QED) is 0.680. The molecule has 1 amide bonds. The van der Waals surface area contributed by atoms with E-state index in [-0.39, 0.29) is 11.9 Å². The molecule has 2 aromatic rings. The van der Waals surface area contributed by atoms with Gasteiger partial charge in [0.2, 0.25) is 5.91 Å². The number of ether oxygens (including phenoxy) is 1. The molecule has 0 bridgehead atoms. The van der Waals surface area contributed by atoms with Crippen LogP contribution in [0.4, 0.5) is 11.4 Å². The molecule has 6 heteroatoms. The molecular weight excluding hydrogens is 386 g/mol. The molecule has 1 N–H and O–H groups in total. The van der Waals surface area contributed by atoms with Gasteiger partial charge in [-0.15, -0.1) is 0 Å². The van der Waals surface area contributed by atoms with Crippen LogP contribution >= 0.6 is 11.6 Å². The van der Waals surface area contributed by atoms with Crippen LogP contribution < -0.4 is 15.0 Å². The van der Waals surface area contributed by atoms with Crippen molar-refractivity contribution in [2.24, 2.45) is 0 Å². The van der Waals surface area contributed by atoms with Crippen molar-refractivity contribution in [3.05, 3.63) is 53.6 Å². The van der Waals surface area contributed by atoms with Crippen molar-refractivity contribution in [1.82, 2.24) is 4.90 Å². The lowest BCUT2D eigenvalue weighted by Crippen LogP contribution is -2.48. The van der Waals surface area contributed by atoms with Gasteiger partial charge in [-0.05, 0) is 37.1 Å². The monoisotopic (exact) mass is 415 g/mol. The molecule has 1 saturated heterocycles. The Morgan fingerprint density at radius 3 is 2.59 bits per heavy atom. The van der Waals surface area contributed by atoms with Crippen molar-refractivity contribution >= 4 is 28.9 Å². The minimum Gasteiger partial charge on any atom is -0.495 e. The van der Waals surface area contributed by atoms with Crippen LogP contribution in [0.1, 0.15) is 26.2 Å². The highest BCUT2D eigenvalue weighted by Crippen LogP contribution is 2.28. The Morgan fingerprint density at radius 1 is 1.21 bits per heavy atom. The zero-order valence-electron chi connectivity index (χ0n) is 17.2. The number of halogens is 1. The minimum atomic E-state index is 0.200. The molecule has 0 aromatic heterocycles. The highest BCUT2D eigenvalue weighted by molar-refractivity contribution is 6.30. The predicted molar refractivity (Wildman–Crippen MR) is 120 cm³/mol. The van der Waals surface area contributed by atoms with Crippen molar-refractivity contribution in [3.63, 3.8) is 0 Å². The van der Waals surface area contributed by atoms with Crippen molar-refractivity contribution in [1.29, 1.82) is 0 Å². The van der Waals surface area contributed by atoms with E-state index < -0.39 is 0 Å². The van der Waals surface area contributed by atoms with Crippen LogP contribution in [0.2, 0.25) is 5.02 Å². The van der Waals surface area contributed by atoms with E-state index in [1.165, 1.54) is 0 Å². The summed E-state index contributed by atoms with van der Waals surface area (Å²) in [6.45, 7) is 5.70. The molecular formula is C23H30ClN3O2. The number of rotatable bonds is 8. The van der Waals surface area contributed by atoms with Gasteiger partial charge in [-0.3, -0.25) is 4.79 Å². The summed E-state index contributed by atoms with van der Waals surface area (Å²) in [4.78, 5) is 17.0. The normalized spacial score (nSPS) is 15.1. The number of nitrogens with zero attached hydrogens (tertiary/aromatic N) is 2. The number of benzene rings is 2. The van der Waals surface area contributed by atoms with Gasteiger partial charge < -0.3 is 19.9 Å². The maximum atomic E-state index is 12.6. The third-order valence-electron chi connectivity index (χ3n) is 5.43. The van der Waals surface area contributed by atoms with E-state index in [1.54, 1.807) is 7.11 Å². The van der Waals surface area contributed by atoms with Crippen LogP contribution in [0.3, 0.4) is 0 Å². The number of carbonyl (C=O) groups is 1. The van der Waals surface area contributed by atoms with Crippen molar-refractivity contribution in [3.8, 4) is 5.75 Å². The number of hydrogen-bond donors (Lipinski definition) is 1. The molecule has 1 fully saturated rings. The zero-order valence-corrected chi connectivity index (χ0v) is 18.0. The second kappa shape index (κ2) is 10.5. The molecule has 0 saturated carbocycles. The summed E-state index contributed by atoms with van der Waals surface area (Å²) in [5, 5.41) is 4.10. The highest BCUT2D eigenvalue weighted by Gasteiger charge is 2.28. The van der Waals surface area contributed by atoms with Gasteiger partial charge >= 0.3 is 0 Å². The van der Waals surface area contributed by atoms with E-state index in [0.29, 0.717) is 11.4 Å². The highest BCUT2D eigenvalue weighted by atomic mass is 35.5. The molecule has 0 radical (unpaired) electrons. The Labute approximate surface area is 178 Å². The molecule has 2 aromatic carbocycles. The van der Waals surface area contributed by atoms with E-state index in [1.807, 2.05) is 60.4 Å². The fourth-order valence-electron chi connectivity index (χ4n) is 3.88. The fraction of sp³-hybridized carbons (Fsp3) is 0.435. The number of likely N-dealkylation sites (tertiary alicyclic amines) is 1. The van der Waals surface area contributed by atoms with Gasteiger partial charge in [0.25, 0.3) is 0 Å². The average Bonchev–Trinajstić information content (AvgIpc) is 2.76. The number of para-hydroxylation sites is 1. The predicted octanol–water partition coefficient (Wildman–Crippen LogP) is 4.67. The minimum absolute atomic E-state index is 0.200. The van der Waals surface area contributed by atoms with Gasteiger partial charge in [-0.1, -0.05) is 36.7 Å². The van der Waals surface area contributed by atoms with E-state index in [9.17, 15) is 4.79 Å². The number of methoxy groups -OCH3 is 1. The van der Waals surface area contributed by atoms with Gasteiger partial charge in [0.15, 0.2) is 0 Å². The summed E-state index contributed by atoms with van der Waals surface area (Å²) in [6.07, 6.45) is 2.51. The molecule has 0 atom stereocenters. The third-order valence-corrected chi connectivity index (χ3v) is 5.67. The number of anilines is 2. The number of carbonyl (C=O) groups excluding carboxylic acids is 1. The summed E-state index contributed by atoms with van der Waals surface area (Å²) in [5.74, 6) is 0.957. The maximum Gasteiger partial charge on any atom is 0.226 e. The second-order valence-electron chi connectivity index (χ2n) is 7.30. The molecule has 29 heavy (non-hydrogen) atoms. The number of nitrogens with one attached hydrogen (secondary N) is 1. The Morgan fingerprint density at radius 2 is 1.93 bits per heavy atom. The summed E-state index contributed by atoms with van der Waals surface area (Å²) in [7, 11) is 1.65. The standard InChI is InChI=1S/C23H30ClN3O2/c1-3-23(28)27(19-7-5-4-6-8-19)20-11-14-26(15-12-20)16-13-25-21-10-9-18(24)17-22(21)29-2/h4-10,17,20,25H,3,11-16H2,1-2H3. The molecule has 1 heterocycles. The Balaban J connectivity index is 1.51. The van der Waals surface area contributed by atoms with Gasteiger partial charge in [0.1, 0.15) is 5.75 Å². The smallest absolute Gasteiger partial charge is 0.226 e. The van der Waals surface area contributed by atoms with Crippen molar-refractivity contribution < 1.29 is 9.53 Å². The number of piperidine rings is 1. The number of hydrogen-bond acceptors (Lipinski definition) is 4. The molecule has 0 aliphatic carbocycles. The van der Waals surface area contributed by atoms with Crippen LogP contribution in [0.5, 0.6) is 5.75 Å². The molecule has 0 spiro atoms. The van der Waals surface area contributed by atoms with E-state index in [4.69, 9.17) is 16.3 Å². The third kappa shape index (κ3) is 5.64. The first kappa shape index (κ1) is 21.5. The van der Waals surface area contributed by atoms with Gasteiger partial charge in [0.05, 0.1) is 12.8 Å². The second-order valence-corrected chi connectivity index (χ2v) is 7.73.